The lowest BCUT2D eigenvalue weighted by molar-refractivity contribution is -0.145. The Morgan fingerprint density at radius 1 is 1.18 bits per heavy atom. The number of aliphatic carboxylic acids is 1. The van der Waals surface area contributed by atoms with Gasteiger partial charge in [-0.25, -0.2) is 4.79 Å². The summed E-state index contributed by atoms with van der Waals surface area (Å²) in [6.07, 6.45) is 2.23. The molecule has 0 bridgehead atoms. The Labute approximate surface area is 129 Å². The molecule has 1 atom stereocenters. The second-order valence-electron chi connectivity index (χ2n) is 5.00. The number of benzene rings is 1. The molecule has 0 saturated heterocycles. The van der Waals surface area contributed by atoms with Gasteiger partial charge in [-0.3, -0.25) is 4.79 Å². The van der Waals surface area contributed by atoms with E-state index >= 15 is 0 Å². The summed E-state index contributed by atoms with van der Waals surface area (Å²) in [6.45, 7) is 3.61. The molecule has 5 nitrogen and oxygen atoms in total. The molecular formula is C17H19NO4. The molecule has 2 N–H and O–H groups in total. The van der Waals surface area contributed by atoms with Crippen LogP contribution in [-0.2, 0) is 16.8 Å². The molecule has 0 saturated carbocycles. The Bertz CT molecular complexity index is 662. The molecule has 0 radical (unpaired) electrons. The molecule has 1 amide bonds. The molecule has 5 heteroatoms. The Morgan fingerprint density at radius 3 is 2.41 bits per heavy atom. The lowest BCUT2D eigenvalue weighted by Crippen LogP contribution is -2.51. The van der Waals surface area contributed by atoms with E-state index in [1.54, 1.807) is 43.3 Å². The molecule has 1 heterocycles. The number of amides is 1. The number of carbonyl (C=O) groups excluding carboxylic acids is 1. The maximum atomic E-state index is 12.5. The van der Waals surface area contributed by atoms with E-state index in [0.717, 1.165) is 0 Å². The zero-order valence-corrected chi connectivity index (χ0v) is 12.6. The van der Waals surface area contributed by atoms with Gasteiger partial charge in [-0.1, -0.05) is 44.2 Å². The van der Waals surface area contributed by atoms with Crippen LogP contribution in [0.4, 0.5) is 0 Å². The summed E-state index contributed by atoms with van der Waals surface area (Å²) in [5.74, 6) is -0.990. The number of hydrogen-bond donors (Lipinski definition) is 2. The first-order valence-corrected chi connectivity index (χ1v) is 7.23. The number of furan rings is 1. The van der Waals surface area contributed by atoms with Gasteiger partial charge in [-0.15, -0.1) is 0 Å². The molecule has 1 aromatic carbocycles. The van der Waals surface area contributed by atoms with Gasteiger partial charge >= 0.3 is 5.97 Å². The van der Waals surface area contributed by atoms with E-state index in [0.29, 0.717) is 23.3 Å². The summed E-state index contributed by atoms with van der Waals surface area (Å²) >= 11 is 0. The van der Waals surface area contributed by atoms with Crippen LogP contribution in [0.3, 0.4) is 0 Å². The molecule has 22 heavy (non-hydrogen) atoms. The highest BCUT2D eigenvalue weighted by atomic mass is 16.4. The van der Waals surface area contributed by atoms with Gasteiger partial charge in [0.15, 0.2) is 5.54 Å². The van der Waals surface area contributed by atoms with E-state index in [2.05, 4.69) is 5.32 Å². The van der Waals surface area contributed by atoms with E-state index in [1.165, 1.54) is 6.26 Å². The third-order valence-electron chi connectivity index (χ3n) is 3.80. The van der Waals surface area contributed by atoms with Crippen LogP contribution in [0.15, 0.2) is 47.1 Å². The fraction of sp³-hybridized carbons (Fsp3) is 0.294. The number of aryl methyl sites for hydroxylation is 1. The minimum Gasteiger partial charge on any atom is -0.479 e. The molecule has 1 unspecified atom stereocenters. The van der Waals surface area contributed by atoms with E-state index in [4.69, 9.17) is 4.42 Å². The van der Waals surface area contributed by atoms with Crippen molar-refractivity contribution < 1.29 is 19.1 Å². The number of carboxylic acids is 1. The van der Waals surface area contributed by atoms with Crippen LogP contribution in [0, 0.1) is 0 Å². The van der Waals surface area contributed by atoms with Gasteiger partial charge in [-0.05, 0) is 18.1 Å². The van der Waals surface area contributed by atoms with E-state index < -0.39 is 17.4 Å². The summed E-state index contributed by atoms with van der Waals surface area (Å²) in [5.41, 5.74) is -0.543. The molecular weight excluding hydrogens is 282 g/mol. The van der Waals surface area contributed by atoms with Gasteiger partial charge in [0.2, 0.25) is 0 Å². The predicted molar refractivity (Wildman–Crippen MR) is 81.6 cm³/mol. The van der Waals surface area contributed by atoms with Crippen molar-refractivity contribution in [2.75, 3.05) is 0 Å². The molecule has 0 spiro atoms. The predicted octanol–water partition coefficient (Wildman–Crippen LogP) is 2.96. The van der Waals surface area contributed by atoms with Crippen molar-refractivity contribution in [3.05, 3.63) is 59.5 Å². The average Bonchev–Trinajstić information content (AvgIpc) is 3.01. The zero-order valence-electron chi connectivity index (χ0n) is 12.6. The van der Waals surface area contributed by atoms with Crippen molar-refractivity contribution in [2.24, 2.45) is 0 Å². The fourth-order valence-electron chi connectivity index (χ4n) is 2.49. The fourth-order valence-corrected chi connectivity index (χ4v) is 2.49. The average molecular weight is 301 g/mol. The largest absolute Gasteiger partial charge is 0.479 e. The zero-order chi connectivity index (χ0) is 16.2. The molecule has 2 rings (SSSR count). The first-order valence-electron chi connectivity index (χ1n) is 7.23. The maximum absolute atomic E-state index is 12.5. The highest BCUT2D eigenvalue weighted by Gasteiger charge is 2.40. The Kier molecular flexibility index (Phi) is 4.65. The van der Waals surface area contributed by atoms with Crippen molar-refractivity contribution in [1.82, 2.24) is 5.32 Å². The van der Waals surface area contributed by atoms with Crippen molar-refractivity contribution in [3.8, 4) is 0 Å². The monoisotopic (exact) mass is 301 g/mol. The molecule has 0 aliphatic heterocycles. The topological polar surface area (TPSA) is 79.5 Å². The van der Waals surface area contributed by atoms with Crippen LogP contribution in [-0.4, -0.2) is 17.0 Å². The summed E-state index contributed by atoms with van der Waals surface area (Å²) in [5, 5.41) is 12.4. The second-order valence-corrected chi connectivity index (χ2v) is 5.00. The van der Waals surface area contributed by atoms with Crippen molar-refractivity contribution in [2.45, 2.75) is 32.2 Å². The minimum absolute atomic E-state index is 0.234. The molecule has 0 aliphatic rings. The van der Waals surface area contributed by atoms with E-state index in [1.807, 2.05) is 6.92 Å². The molecule has 0 aliphatic carbocycles. The van der Waals surface area contributed by atoms with Crippen molar-refractivity contribution in [1.29, 1.82) is 0 Å². The van der Waals surface area contributed by atoms with E-state index in [-0.39, 0.29) is 6.42 Å². The third-order valence-corrected chi connectivity index (χ3v) is 3.80. The quantitative estimate of drug-likeness (QED) is 0.859. The van der Waals surface area contributed by atoms with Gasteiger partial charge in [0.05, 0.1) is 11.8 Å². The van der Waals surface area contributed by atoms with Crippen LogP contribution < -0.4 is 5.32 Å². The summed E-state index contributed by atoms with van der Waals surface area (Å²) in [7, 11) is 0. The van der Waals surface area contributed by atoms with E-state index in [9.17, 15) is 14.7 Å². The lowest BCUT2D eigenvalue weighted by Gasteiger charge is -2.30. The third kappa shape index (κ3) is 2.74. The molecule has 0 fully saturated rings. The van der Waals surface area contributed by atoms with Crippen molar-refractivity contribution >= 4 is 11.9 Å². The summed E-state index contributed by atoms with van der Waals surface area (Å²) < 4.78 is 5.24. The maximum Gasteiger partial charge on any atom is 0.334 e. The first kappa shape index (κ1) is 15.8. The minimum atomic E-state index is -1.46. The first-order chi connectivity index (χ1) is 10.5. The highest BCUT2D eigenvalue weighted by Crippen LogP contribution is 2.26. The van der Waals surface area contributed by atoms with Crippen LogP contribution >= 0.6 is 0 Å². The number of rotatable bonds is 6. The van der Waals surface area contributed by atoms with Crippen LogP contribution in [0.1, 0.15) is 41.9 Å². The number of carboxylic acid groups (broad SMARTS) is 1. The molecule has 116 valence electrons. The Balaban J connectivity index is 2.40. The smallest absolute Gasteiger partial charge is 0.334 e. The molecule has 1 aromatic heterocycles. The Morgan fingerprint density at radius 2 is 1.86 bits per heavy atom. The van der Waals surface area contributed by atoms with Gasteiger partial charge < -0.3 is 14.8 Å². The van der Waals surface area contributed by atoms with Crippen molar-refractivity contribution in [3.63, 3.8) is 0 Å². The second kappa shape index (κ2) is 6.47. The standard InChI is InChI=1S/C17H19NO4/c1-3-14-13(10-11-22-14)15(19)18-17(4-2,16(20)21)12-8-6-5-7-9-12/h5-11H,3-4H2,1-2H3,(H,18,19)(H,20,21). The van der Waals surface area contributed by atoms with Gasteiger partial charge in [0, 0.05) is 6.42 Å². The highest BCUT2D eigenvalue weighted by molar-refractivity contribution is 5.98. The van der Waals surface area contributed by atoms with Gasteiger partial charge in [-0.2, -0.15) is 0 Å². The lowest BCUT2D eigenvalue weighted by atomic mass is 9.87. The normalized spacial score (nSPS) is 13.4. The van der Waals surface area contributed by atoms with Crippen LogP contribution in [0.5, 0.6) is 0 Å². The summed E-state index contributed by atoms with van der Waals surface area (Å²) in [4.78, 5) is 24.4. The van der Waals surface area contributed by atoms with Gasteiger partial charge in [0.1, 0.15) is 5.76 Å². The SMILES string of the molecule is CCc1occc1C(=O)NC(CC)(C(=O)O)c1ccccc1. The van der Waals surface area contributed by atoms with Crippen LogP contribution in [0.2, 0.25) is 0 Å². The number of hydrogen-bond acceptors (Lipinski definition) is 3. The number of nitrogens with one attached hydrogen (secondary N) is 1. The van der Waals surface area contributed by atoms with Crippen LogP contribution in [0.25, 0.3) is 0 Å². The summed E-state index contributed by atoms with van der Waals surface area (Å²) in [6, 6.07) is 10.3. The Hall–Kier alpha value is -2.56. The van der Waals surface area contributed by atoms with Gasteiger partial charge in [0.25, 0.3) is 5.91 Å². The molecule has 2 aromatic rings. The number of carbonyl (C=O) groups is 2.